The Morgan fingerprint density at radius 3 is 2.36 bits per heavy atom. The Balaban J connectivity index is 1.76. The van der Waals surface area contributed by atoms with Crippen molar-refractivity contribution in [1.29, 1.82) is 0 Å². The van der Waals surface area contributed by atoms with Crippen LogP contribution < -0.4 is 11.2 Å². The third-order valence-corrected chi connectivity index (χ3v) is 12.1. The van der Waals surface area contributed by atoms with Crippen LogP contribution in [0.2, 0.25) is 18.1 Å². The van der Waals surface area contributed by atoms with Crippen molar-refractivity contribution in [2.75, 3.05) is 0 Å². The average Bonchev–Trinajstić information content (AvgIpc) is 3.34. The summed E-state index contributed by atoms with van der Waals surface area (Å²) in [5.41, 5.74) is -1.14. The molecule has 7 nitrogen and oxygen atoms in total. The number of aromatic nitrogens is 2. The van der Waals surface area contributed by atoms with Gasteiger partial charge in [-0.15, -0.1) is 0 Å². The highest BCUT2D eigenvalue weighted by atomic mass is 28.4. The summed E-state index contributed by atoms with van der Waals surface area (Å²) in [6, 6.07) is 3.16. The highest BCUT2D eigenvalue weighted by molar-refractivity contribution is 6.73. The van der Waals surface area contributed by atoms with Crippen LogP contribution in [0.15, 0.2) is 15.8 Å². The van der Waals surface area contributed by atoms with Gasteiger partial charge in [0.2, 0.25) is 0 Å². The Morgan fingerprint density at radius 1 is 1.18 bits per heavy atom. The highest BCUT2D eigenvalue weighted by Gasteiger charge is 2.78. The molecule has 0 radical (unpaired) electrons. The molecule has 1 aliphatic carbocycles. The van der Waals surface area contributed by atoms with Crippen LogP contribution in [-0.4, -0.2) is 41.3 Å². The Kier molecular flexibility index (Phi) is 4.77. The molecule has 2 aliphatic heterocycles. The normalized spacial score (nSPS) is 33.0. The minimum Gasteiger partial charge on any atom is -0.408 e. The van der Waals surface area contributed by atoms with Gasteiger partial charge < -0.3 is 13.9 Å². The first-order valence-electron chi connectivity index (χ1n) is 10.7. The zero-order valence-corrected chi connectivity index (χ0v) is 18.5. The predicted molar refractivity (Wildman–Crippen MR) is 108 cm³/mol. The summed E-state index contributed by atoms with van der Waals surface area (Å²) in [7, 11) is -1.89. The summed E-state index contributed by atoms with van der Waals surface area (Å²) in [5, 5.41) is 0. The molecule has 4 rings (SSSR count). The van der Waals surface area contributed by atoms with Crippen molar-refractivity contribution in [3.05, 3.63) is 32.6 Å². The lowest BCUT2D eigenvalue weighted by Crippen LogP contribution is -2.53. The van der Waals surface area contributed by atoms with Gasteiger partial charge in [-0.25, -0.2) is 4.79 Å². The van der Waals surface area contributed by atoms with Gasteiger partial charge in [-0.3, -0.25) is 14.3 Å². The highest BCUT2D eigenvalue weighted by Crippen LogP contribution is 2.66. The standard InChI is InChI=1S/C20H32N2O5Si/c1-6-20-15(27-28(7-2,8-3)9-4)14(25-19(20)10-11-19)17(26-20)22-12-13(5)16(23)21-18(22)24/h12,14-15,17H,6-11H2,1-5H3,(H,21,23,24)/t14?,15-,17-,20-/m1/s1. The molecule has 8 heteroatoms. The van der Waals surface area contributed by atoms with E-state index >= 15 is 0 Å². The molecule has 2 saturated heterocycles. The molecule has 1 saturated carbocycles. The monoisotopic (exact) mass is 408 g/mol. The van der Waals surface area contributed by atoms with Gasteiger partial charge in [-0.05, 0) is 44.3 Å². The van der Waals surface area contributed by atoms with E-state index in [-0.39, 0.29) is 23.4 Å². The van der Waals surface area contributed by atoms with Gasteiger partial charge in [-0.1, -0.05) is 27.7 Å². The van der Waals surface area contributed by atoms with Gasteiger partial charge in [0.1, 0.15) is 23.4 Å². The maximum absolute atomic E-state index is 12.5. The molecule has 28 heavy (non-hydrogen) atoms. The van der Waals surface area contributed by atoms with Crippen LogP contribution in [0.1, 0.15) is 58.7 Å². The lowest BCUT2D eigenvalue weighted by atomic mass is 9.88. The molecule has 3 fully saturated rings. The number of rotatable bonds is 7. The number of ether oxygens (including phenoxy) is 2. The number of hydrogen-bond donors (Lipinski definition) is 1. The van der Waals surface area contributed by atoms with Gasteiger partial charge in [0.05, 0.1) is 0 Å². The summed E-state index contributed by atoms with van der Waals surface area (Å²) in [4.78, 5) is 26.7. The molecule has 0 amide bonds. The maximum Gasteiger partial charge on any atom is 0.330 e. The van der Waals surface area contributed by atoms with E-state index in [1.165, 1.54) is 4.57 Å². The number of hydrogen-bond acceptors (Lipinski definition) is 5. The van der Waals surface area contributed by atoms with Crippen molar-refractivity contribution in [2.24, 2.45) is 0 Å². The third kappa shape index (κ3) is 2.57. The molecular weight excluding hydrogens is 376 g/mol. The molecule has 3 heterocycles. The van der Waals surface area contributed by atoms with Crippen LogP contribution in [-0.2, 0) is 13.9 Å². The summed E-state index contributed by atoms with van der Waals surface area (Å²) < 4.78 is 21.6. The van der Waals surface area contributed by atoms with Gasteiger partial charge in [0.15, 0.2) is 14.5 Å². The summed E-state index contributed by atoms with van der Waals surface area (Å²) in [6.45, 7) is 10.5. The van der Waals surface area contributed by atoms with Crippen LogP contribution in [0.5, 0.6) is 0 Å². The van der Waals surface area contributed by atoms with Crippen molar-refractivity contribution >= 4 is 8.32 Å². The first-order valence-corrected chi connectivity index (χ1v) is 13.2. The average molecular weight is 409 g/mol. The van der Waals surface area contributed by atoms with Crippen molar-refractivity contribution < 1.29 is 13.9 Å². The fraction of sp³-hybridized carbons (Fsp3) is 0.800. The van der Waals surface area contributed by atoms with Crippen molar-refractivity contribution in [3.63, 3.8) is 0 Å². The second-order valence-electron chi connectivity index (χ2n) is 8.59. The number of nitrogens with one attached hydrogen (secondary N) is 1. The molecule has 1 unspecified atom stereocenters. The lowest BCUT2D eigenvalue weighted by molar-refractivity contribution is -0.225. The van der Waals surface area contributed by atoms with Crippen molar-refractivity contribution in [1.82, 2.24) is 9.55 Å². The topological polar surface area (TPSA) is 82.6 Å². The molecule has 1 spiro atoms. The lowest BCUT2D eigenvalue weighted by Gasteiger charge is -2.40. The van der Waals surface area contributed by atoms with Crippen LogP contribution >= 0.6 is 0 Å². The van der Waals surface area contributed by atoms with Crippen molar-refractivity contribution in [2.45, 2.75) is 102 Å². The Hall–Kier alpha value is -1.22. The number of aromatic amines is 1. The Bertz CT molecular complexity index is 864. The molecule has 2 bridgehead atoms. The van der Waals surface area contributed by atoms with Crippen LogP contribution in [0.25, 0.3) is 0 Å². The van der Waals surface area contributed by atoms with Crippen LogP contribution in [0.3, 0.4) is 0 Å². The number of H-pyrrole nitrogens is 1. The summed E-state index contributed by atoms with van der Waals surface area (Å²) >= 11 is 0. The molecule has 0 aromatic carbocycles. The van der Waals surface area contributed by atoms with E-state index in [2.05, 4.69) is 32.7 Å². The van der Waals surface area contributed by atoms with Gasteiger partial charge in [-0.2, -0.15) is 0 Å². The SMILES string of the molecule is CC[C@]12O[C@@H](n3cc(C)c(=O)[nH]c3=O)C(OC13CC3)[C@H]2O[Si](CC)(CC)CC. The van der Waals surface area contributed by atoms with Gasteiger partial charge in [0.25, 0.3) is 5.56 Å². The Labute approximate surface area is 166 Å². The first-order chi connectivity index (χ1) is 13.3. The smallest absolute Gasteiger partial charge is 0.330 e. The molecule has 156 valence electrons. The fourth-order valence-electron chi connectivity index (χ4n) is 5.29. The number of nitrogens with zero attached hydrogens (tertiary/aromatic N) is 1. The van der Waals surface area contributed by atoms with E-state index in [0.29, 0.717) is 5.56 Å². The molecule has 1 aromatic rings. The molecule has 4 atom stereocenters. The van der Waals surface area contributed by atoms with Crippen molar-refractivity contribution in [3.8, 4) is 0 Å². The minimum absolute atomic E-state index is 0.171. The van der Waals surface area contributed by atoms with Crippen LogP contribution in [0, 0.1) is 6.92 Å². The second-order valence-corrected chi connectivity index (χ2v) is 13.3. The van der Waals surface area contributed by atoms with E-state index in [1.54, 1.807) is 13.1 Å². The molecule has 3 aliphatic rings. The molecular formula is C20H32N2O5Si. The zero-order valence-electron chi connectivity index (χ0n) is 17.5. The molecule has 1 aromatic heterocycles. The number of aryl methyl sites for hydroxylation is 1. The first kappa shape index (κ1) is 20.1. The van der Waals surface area contributed by atoms with E-state index < -0.39 is 25.8 Å². The fourth-order valence-corrected chi connectivity index (χ4v) is 8.16. The zero-order chi connectivity index (χ0) is 20.3. The van der Waals surface area contributed by atoms with Gasteiger partial charge in [0, 0.05) is 11.8 Å². The second kappa shape index (κ2) is 6.65. The predicted octanol–water partition coefficient (Wildman–Crippen LogP) is 2.84. The van der Waals surface area contributed by atoms with Crippen LogP contribution in [0.4, 0.5) is 0 Å². The quantitative estimate of drug-likeness (QED) is 0.702. The Morgan fingerprint density at radius 2 is 1.82 bits per heavy atom. The third-order valence-electron chi connectivity index (χ3n) is 7.46. The summed E-state index contributed by atoms with van der Waals surface area (Å²) in [5.74, 6) is 0. The van der Waals surface area contributed by atoms with E-state index in [4.69, 9.17) is 13.9 Å². The maximum atomic E-state index is 12.5. The van der Waals surface area contributed by atoms with Gasteiger partial charge >= 0.3 is 5.69 Å². The van der Waals surface area contributed by atoms with E-state index in [0.717, 1.165) is 37.4 Å². The minimum atomic E-state index is -1.89. The molecule has 1 N–H and O–H groups in total. The largest absolute Gasteiger partial charge is 0.408 e. The van der Waals surface area contributed by atoms with E-state index in [1.807, 2.05) is 0 Å². The summed E-state index contributed by atoms with van der Waals surface area (Å²) in [6.07, 6.45) is 3.24. The number of fused-ring (bicyclic) bond motifs is 3. The van der Waals surface area contributed by atoms with E-state index in [9.17, 15) is 9.59 Å².